The van der Waals surface area contributed by atoms with Crippen molar-refractivity contribution < 1.29 is 5.11 Å². The number of benzene rings is 1. The van der Waals surface area contributed by atoms with Crippen molar-refractivity contribution in [1.82, 2.24) is 9.88 Å². The fourth-order valence-corrected chi connectivity index (χ4v) is 2.29. The highest BCUT2D eigenvalue weighted by Gasteiger charge is 2.34. The molecule has 2 rings (SSSR count). The molecule has 4 heteroatoms. The van der Waals surface area contributed by atoms with Gasteiger partial charge in [-0.2, -0.15) is 0 Å². The zero-order chi connectivity index (χ0) is 19.8. The summed E-state index contributed by atoms with van der Waals surface area (Å²) in [5, 5.41) is 13.6. The third-order valence-electron chi connectivity index (χ3n) is 4.83. The van der Waals surface area contributed by atoms with Gasteiger partial charge in [-0.25, -0.2) is 0 Å². The quantitative estimate of drug-likeness (QED) is 0.791. The number of aliphatic hydroxyl groups is 1. The number of hydrogen-bond donors (Lipinski definition) is 2. The van der Waals surface area contributed by atoms with Gasteiger partial charge < -0.3 is 15.0 Å². The van der Waals surface area contributed by atoms with Crippen LogP contribution in [0.2, 0.25) is 0 Å². The summed E-state index contributed by atoms with van der Waals surface area (Å²) in [5.41, 5.74) is 1.36. The molecule has 1 aromatic heterocycles. The molecule has 4 nitrogen and oxygen atoms in total. The summed E-state index contributed by atoms with van der Waals surface area (Å²) in [7, 11) is 0. The van der Waals surface area contributed by atoms with Crippen LogP contribution >= 0.6 is 0 Å². The van der Waals surface area contributed by atoms with Crippen LogP contribution in [0.5, 0.6) is 0 Å². The molecule has 1 heterocycles. The SMILES string of the molecule is CC.CC(C)(O)C(C)(C)CNCc1ccc(Cn2ccccc2=O)cc1. The van der Waals surface area contributed by atoms with Crippen LogP contribution in [-0.2, 0) is 13.1 Å². The standard InChI is InChI=1S/C20H28N2O2.C2H6/c1-19(2,20(3,4)24)15-21-13-16-8-10-17(11-9-16)14-22-12-6-5-7-18(22)23;1-2/h5-12,21,24H,13-15H2,1-4H3;1-2H3. The average molecular weight is 359 g/mol. The van der Waals surface area contributed by atoms with Crippen molar-refractivity contribution in [2.75, 3.05) is 6.54 Å². The molecule has 0 atom stereocenters. The maximum atomic E-state index is 11.7. The first-order valence-corrected chi connectivity index (χ1v) is 9.35. The predicted molar refractivity (Wildman–Crippen MR) is 109 cm³/mol. The van der Waals surface area contributed by atoms with Crippen LogP contribution in [0.3, 0.4) is 0 Å². The van der Waals surface area contributed by atoms with E-state index in [1.54, 1.807) is 22.9 Å². The second-order valence-corrected chi connectivity index (χ2v) is 7.53. The topological polar surface area (TPSA) is 54.3 Å². The minimum absolute atomic E-state index is 0.0112. The Balaban J connectivity index is 0.00000163. The number of hydrogen-bond acceptors (Lipinski definition) is 3. The lowest BCUT2D eigenvalue weighted by Crippen LogP contribution is -2.45. The van der Waals surface area contributed by atoms with Crippen molar-refractivity contribution in [1.29, 1.82) is 0 Å². The Kier molecular flexibility index (Phi) is 8.25. The lowest BCUT2D eigenvalue weighted by molar-refractivity contribution is -0.0338. The van der Waals surface area contributed by atoms with Crippen molar-refractivity contribution >= 4 is 0 Å². The first-order valence-electron chi connectivity index (χ1n) is 9.35. The molecule has 0 radical (unpaired) electrons. The second kappa shape index (κ2) is 9.70. The van der Waals surface area contributed by atoms with Crippen LogP contribution < -0.4 is 10.9 Å². The van der Waals surface area contributed by atoms with Gasteiger partial charge in [0.2, 0.25) is 0 Å². The van der Waals surface area contributed by atoms with E-state index in [4.69, 9.17) is 0 Å². The number of pyridine rings is 1. The van der Waals surface area contributed by atoms with E-state index in [-0.39, 0.29) is 11.0 Å². The molecule has 0 bridgehead atoms. The zero-order valence-electron chi connectivity index (χ0n) is 17.0. The van der Waals surface area contributed by atoms with Crippen LogP contribution in [0.25, 0.3) is 0 Å². The molecule has 144 valence electrons. The average Bonchev–Trinajstić information content (AvgIpc) is 2.59. The van der Waals surface area contributed by atoms with Gasteiger partial charge in [-0.1, -0.05) is 58.0 Å². The third kappa shape index (κ3) is 6.43. The van der Waals surface area contributed by atoms with Crippen LogP contribution in [0.1, 0.15) is 52.7 Å². The monoisotopic (exact) mass is 358 g/mol. The molecule has 0 saturated heterocycles. The molecule has 0 aliphatic rings. The Morgan fingerprint density at radius 1 is 0.962 bits per heavy atom. The van der Waals surface area contributed by atoms with E-state index >= 15 is 0 Å². The van der Waals surface area contributed by atoms with Gasteiger partial charge in [0.05, 0.1) is 12.1 Å². The van der Waals surface area contributed by atoms with Crippen LogP contribution in [-0.4, -0.2) is 21.8 Å². The van der Waals surface area contributed by atoms with E-state index in [1.807, 2.05) is 33.8 Å². The van der Waals surface area contributed by atoms with Crippen LogP contribution in [0.15, 0.2) is 53.5 Å². The van der Waals surface area contributed by atoms with Gasteiger partial charge in [-0.05, 0) is 31.0 Å². The van der Waals surface area contributed by atoms with Gasteiger partial charge in [0.25, 0.3) is 5.56 Å². The molecule has 0 aliphatic carbocycles. The van der Waals surface area contributed by atoms with E-state index in [0.29, 0.717) is 6.54 Å². The van der Waals surface area contributed by atoms with Gasteiger partial charge >= 0.3 is 0 Å². The van der Waals surface area contributed by atoms with Crippen molar-refractivity contribution in [2.24, 2.45) is 5.41 Å². The molecular formula is C22H34N2O2. The van der Waals surface area contributed by atoms with E-state index in [0.717, 1.165) is 18.7 Å². The molecule has 2 N–H and O–H groups in total. The first-order chi connectivity index (χ1) is 12.2. The van der Waals surface area contributed by atoms with Crippen molar-refractivity contribution in [3.63, 3.8) is 0 Å². The lowest BCUT2D eigenvalue weighted by Gasteiger charge is -2.37. The maximum Gasteiger partial charge on any atom is 0.250 e. The molecule has 26 heavy (non-hydrogen) atoms. The summed E-state index contributed by atoms with van der Waals surface area (Å²) < 4.78 is 1.69. The summed E-state index contributed by atoms with van der Waals surface area (Å²) in [6.45, 7) is 13.9. The summed E-state index contributed by atoms with van der Waals surface area (Å²) in [4.78, 5) is 11.7. The van der Waals surface area contributed by atoms with Crippen molar-refractivity contribution in [3.8, 4) is 0 Å². The largest absolute Gasteiger partial charge is 0.390 e. The fourth-order valence-electron chi connectivity index (χ4n) is 2.29. The maximum absolute atomic E-state index is 11.7. The molecule has 0 unspecified atom stereocenters. The first kappa shape index (κ1) is 22.1. The predicted octanol–water partition coefficient (Wildman–Crippen LogP) is 3.81. The highest BCUT2D eigenvalue weighted by Crippen LogP contribution is 2.29. The molecule has 0 saturated carbocycles. The number of aromatic nitrogens is 1. The second-order valence-electron chi connectivity index (χ2n) is 7.53. The summed E-state index contributed by atoms with van der Waals surface area (Å²) in [6.07, 6.45) is 1.80. The Morgan fingerprint density at radius 3 is 2.08 bits per heavy atom. The molecule has 0 fully saturated rings. The molecule has 0 amide bonds. The van der Waals surface area contributed by atoms with Gasteiger partial charge in [0.15, 0.2) is 0 Å². The summed E-state index contributed by atoms with van der Waals surface area (Å²) in [6, 6.07) is 13.4. The highest BCUT2D eigenvalue weighted by molar-refractivity contribution is 5.23. The van der Waals surface area contributed by atoms with E-state index in [1.165, 1.54) is 5.56 Å². The van der Waals surface area contributed by atoms with Crippen LogP contribution in [0, 0.1) is 5.41 Å². The van der Waals surface area contributed by atoms with E-state index in [2.05, 4.69) is 43.4 Å². The Labute approximate surface area is 157 Å². The van der Waals surface area contributed by atoms with Gasteiger partial charge in [-0.3, -0.25) is 4.79 Å². The molecular weight excluding hydrogens is 324 g/mol. The lowest BCUT2D eigenvalue weighted by atomic mass is 9.77. The summed E-state index contributed by atoms with van der Waals surface area (Å²) in [5.74, 6) is 0. The number of nitrogens with one attached hydrogen (secondary N) is 1. The molecule has 0 spiro atoms. The number of rotatable bonds is 7. The van der Waals surface area contributed by atoms with Gasteiger partial charge in [0.1, 0.15) is 0 Å². The minimum Gasteiger partial charge on any atom is -0.390 e. The van der Waals surface area contributed by atoms with Gasteiger partial charge in [0, 0.05) is 30.8 Å². The molecule has 1 aromatic carbocycles. The van der Waals surface area contributed by atoms with Crippen LogP contribution in [0.4, 0.5) is 0 Å². The van der Waals surface area contributed by atoms with Crippen molar-refractivity contribution in [3.05, 3.63) is 70.1 Å². The van der Waals surface area contributed by atoms with Crippen molar-refractivity contribution in [2.45, 2.75) is 60.2 Å². The number of nitrogens with zero attached hydrogens (tertiary/aromatic N) is 1. The fraction of sp³-hybridized carbons (Fsp3) is 0.500. The van der Waals surface area contributed by atoms with Gasteiger partial charge in [-0.15, -0.1) is 0 Å². The molecule has 0 aliphatic heterocycles. The Hall–Kier alpha value is -1.91. The smallest absolute Gasteiger partial charge is 0.250 e. The van der Waals surface area contributed by atoms with E-state index in [9.17, 15) is 9.90 Å². The van der Waals surface area contributed by atoms with E-state index < -0.39 is 5.60 Å². The summed E-state index contributed by atoms with van der Waals surface area (Å²) >= 11 is 0. The Bertz CT molecular complexity index is 710. The third-order valence-corrected chi connectivity index (χ3v) is 4.83. The Morgan fingerprint density at radius 2 is 1.54 bits per heavy atom. The molecule has 2 aromatic rings. The zero-order valence-corrected chi connectivity index (χ0v) is 17.0. The normalized spacial score (nSPS) is 11.7. The minimum atomic E-state index is -0.729. The highest BCUT2D eigenvalue weighted by atomic mass is 16.3.